The van der Waals surface area contributed by atoms with Gasteiger partial charge in [0, 0.05) is 23.3 Å². The van der Waals surface area contributed by atoms with Crippen molar-refractivity contribution in [3.8, 4) is 11.8 Å². The first-order valence-electron chi connectivity index (χ1n) is 11.5. The fourth-order valence-electron chi connectivity index (χ4n) is 4.04. The second-order valence-electron chi connectivity index (χ2n) is 8.25. The average molecular weight is 484 g/mol. The summed E-state index contributed by atoms with van der Waals surface area (Å²) in [6.45, 7) is 4.24. The van der Waals surface area contributed by atoms with Crippen molar-refractivity contribution in [1.82, 2.24) is 0 Å². The Morgan fingerprint density at radius 2 is 1.69 bits per heavy atom. The summed E-state index contributed by atoms with van der Waals surface area (Å²) in [5.74, 6) is 4.80. The highest BCUT2D eigenvalue weighted by Crippen LogP contribution is 2.30. The second-order valence-corrected chi connectivity index (χ2v) is 8.43. The van der Waals surface area contributed by atoms with Gasteiger partial charge in [-0.15, -0.1) is 0 Å². The van der Waals surface area contributed by atoms with Gasteiger partial charge in [0.1, 0.15) is 5.69 Å². The molecule has 4 rings (SSSR count). The number of aliphatic imine (C=N–C) groups is 1. The Hall–Kier alpha value is -3.78. The number of hydrogen-bond donors (Lipinski definition) is 0. The Kier molecular flexibility index (Phi) is 7.72. The monoisotopic (exact) mass is 483 g/mol. The summed E-state index contributed by atoms with van der Waals surface area (Å²) in [6.07, 6.45) is 6.38. The first-order chi connectivity index (χ1) is 17.0. The topological polar surface area (TPSA) is 37.1 Å². The Balaban J connectivity index is 1.54. The van der Waals surface area contributed by atoms with Gasteiger partial charge >= 0.3 is 0 Å². The molecule has 3 aromatic rings. The predicted molar refractivity (Wildman–Crippen MR) is 140 cm³/mol. The van der Waals surface area contributed by atoms with E-state index in [0.29, 0.717) is 5.69 Å². The third kappa shape index (κ3) is 5.84. The standard InChI is InChI=1S/C29H23F2N3S/c1-3-5-20-13-23-9-7-19(12-24(23)14-20)6-8-22-10-11-25(15-21(22)4-2)33-34-26-16-27(30)29(32-18-35)28(31)17-26/h7,9-12,14-17H,3-5,13H2,1-2H3. The van der Waals surface area contributed by atoms with Crippen LogP contribution in [0, 0.1) is 23.5 Å². The highest BCUT2D eigenvalue weighted by atomic mass is 32.1. The van der Waals surface area contributed by atoms with E-state index in [1.165, 1.54) is 16.7 Å². The maximum atomic E-state index is 14.0. The van der Waals surface area contributed by atoms with Crippen LogP contribution in [0.1, 0.15) is 54.5 Å². The minimum absolute atomic E-state index is 0.0398. The van der Waals surface area contributed by atoms with Gasteiger partial charge in [-0.2, -0.15) is 15.2 Å². The summed E-state index contributed by atoms with van der Waals surface area (Å²) in [7, 11) is 0. The number of fused-ring (bicyclic) bond motifs is 1. The van der Waals surface area contributed by atoms with E-state index in [2.05, 4.69) is 70.5 Å². The largest absolute Gasteiger partial charge is 0.204 e. The van der Waals surface area contributed by atoms with E-state index < -0.39 is 17.3 Å². The molecule has 0 saturated carbocycles. The van der Waals surface area contributed by atoms with E-state index in [4.69, 9.17) is 0 Å². The molecule has 0 amide bonds. The molecule has 0 bridgehead atoms. The third-order valence-electron chi connectivity index (χ3n) is 5.75. The lowest BCUT2D eigenvalue weighted by Crippen LogP contribution is -1.88. The molecule has 174 valence electrons. The number of azo groups is 1. The lowest BCUT2D eigenvalue weighted by molar-refractivity contribution is 0.588. The zero-order valence-electron chi connectivity index (χ0n) is 19.5. The van der Waals surface area contributed by atoms with Crippen LogP contribution in [-0.2, 0) is 12.8 Å². The van der Waals surface area contributed by atoms with Crippen LogP contribution in [-0.4, -0.2) is 5.16 Å². The first kappa shape index (κ1) is 24.3. The molecule has 6 heteroatoms. The SMILES string of the molecule is CCCC1=Cc2cc(C#Cc3ccc(N=Nc4cc(F)c(N=C=S)c(F)c4)cc3CC)ccc2C1. The van der Waals surface area contributed by atoms with Gasteiger partial charge in [-0.05, 0) is 78.5 Å². The minimum Gasteiger partial charge on any atom is -0.204 e. The zero-order valence-corrected chi connectivity index (χ0v) is 20.3. The number of isothiocyanates is 1. The lowest BCUT2D eigenvalue weighted by atomic mass is 10.0. The van der Waals surface area contributed by atoms with Gasteiger partial charge < -0.3 is 0 Å². The molecule has 0 heterocycles. The van der Waals surface area contributed by atoms with E-state index >= 15 is 0 Å². The van der Waals surface area contributed by atoms with Crippen molar-refractivity contribution in [2.24, 2.45) is 15.2 Å². The van der Waals surface area contributed by atoms with E-state index in [1.807, 2.05) is 24.2 Å². The Labute approximate surface area is 209 Å². The normalized spacial score (nSPS) is 12.1. The fourth-order valence-corrected chi connectivity index (χ4v) is 4.13. The predicted octanol–water partition coefficient (Wildman–Crippen LogP) is 8.82. The van der Waals surface area contributed by atoms with Crippen LogP contribution in [0.3, 0.4) is 0 Å². The number of thiocarbonyl (C=S) groups is 1. The molecule has 35 heavy (non-hydrogen) atoms. The number of nitrogens with zero attached hydrogens (tertiary/aromatic N) is 3. The summed E-state index contributed by atoms with van der Waals surface area (Å²) in [4.78, 5) is 3.39. The number of allylic oxidation sites excluding steroid dienone is 1. The molecule has 0 N–H and O–H groups in total. The second kappa shape index (κ2) is 11.1. The van der Waals surface area contributed by atoms with Crippen LogP contribution in [0.25, 0.3) is 6.08 Å². The van der Waals surface area contributed by atoms with E-state index in [1.54, 1.807) is 6.07 Å². The lowest BCUT2D eigenvalue weighted by Gasteiger charge is -2.03. The maximum absolute atomic E-state index is 14.0. The molecule has 0 unspecified atom stereocenters. The van der Waals surface area contributed by atoms with Crippen LogP contribution in [0.15, 0.2) is 69.3 Å². The van der Waals surface area contributed by atoms with Crippen molar-refractivity contribution in [2.75, 3.05) is 0 Å². The molecule has 0 atom stereocenters. The quantitative estimate of drug-likeness (QED) is 0.149. The Bertz CT molecular complexity index is 1430. The zero-order chi connectivity index (χ0) is 24.8. The van der Waals surface area contributed by atoms with Gasteiger partial charge in [0.2, 0.25) is 0 Å². The average Bonchev–Trinajstić information content (AvgIpc) is 3.25. The molecular weight excluding hydrogens is 460 g/mol. The van der Waals surface area contributed by atoms with Crippen molar-refractivity contribution in [1.29, 1.82) is 0 Å². The van der Waals surface area contributed by atoms with Gasteiger partial charge in [-0.25, -0.2) is 8.78 Å². The van der Waals surface area contributed by atoms with E-state index in [-0.39, 0.29) is 5.69 Å². The molecule has 0 radical (unpaired) electrons. The minimum atomic E-state index is -0.875. The number of hydrogen-bond acceptors (Lipinski definition) is 4. The van der Waals surface area contributed by atoms with Gasteiger partial charge in [0.05, 0.1) is 16.5 Å². The van der Waals surface area contributed by atoms with Gasteiger partial charge in [-0.1, -0.05) is 49.8 Å². The Morgan fingerprint density at radius 3 is 2.40 bits per heavy atom. The molecule has 0 aliphatic heterocycles. The molecule has 0 spiro atoms. The molecule has 0 saturated heterocycles. The van der Waals surface area contributed by atoms with Gasteiger partial charge in [-0.3, -0.25) is 0 Å². The van der Waals surface area contributed by atoms with Crippen molar-refractivity contribution in [2.45, 2.75) is 39.5 Å². The van der Waals surface area contributed by atoms with Crippen LogP contribution in [0.5, 0.6) is 0 Å². The number of aryl methyl sites for hydroxylation is 1. The summed E-state index contributed by atoms with van der Waals surface area (Å²) < 4.78 is 28.0. The highest BCUT2D eigenvalue weighted by molar-refractivity contribution is 7.78. The van der Waals surface area contributed by atoms with Crippen LogP contribution >= 0.6 is 12.2 Å². The van der Waals surface area contributed by atoms with Crippen molar-refractivity contribution in [3.05, 3.63) is 93.6 Å². The number of halogens is 2. The van der Waals surface area contributed by atoms with Crippen LogP contribution < -0.4 is 0 Å². The molecule has 3 aromatic carbocycles. The van der Waals surface area contributed by atoms with Crippen LogP contribution in [0.2, 0.25) is 0 Å². The molecule has 0 aromatic heterocycles. The van der Waals surface area contributed by atoms with Gasteiger partial charge in [0.15, 0.2) is 11.6 Å². The molecule has 1 aliphatic carbocycles. The smallest absolute Gasteiger partial charge is 0.154 e. The van der Waals surface area contributed by atoms with Gasteiger partial charge in [0.25, 0.3) is 0 Å². The Morgan fingerprint density at radius 1 is 0.914 bits per heavy atom. The first-order valence-corrected chi connectivity index (χ1v) is 11.9. The molecule has 0 fully saturated rings. The highest BCUT2D eigenvalue weighted by Gasteiger charge is 2.12. The van der Waals surface area contributed by atoms with E-state index in [9.17, 15) is 8.78 Å². The van der Waals surface area contributed by atoms with Crippen LogP contribution in [0.4, 0.5) is 25.8 Å². The summed E-state index contributed by atoms with van der Waals surface area (Å²) in [5, 5.41) is 10.1. The summed E-state index contributed by atoms with van der Waals surface area (Å²) in [5.41, 5.74) is 7.14. The van der Waals surface area contributed by atoms with E-state index in [0.717, 1.165) is 54.5 Å². The molecule has 3 nitrogen and oxygen atoms in total. The van der Waals surface area contributed by atoms with Crippen molar-refractivity contribution in [3.63, 3.8) is 0 Å². The fraction of sp³-hybridized carbons (Fsp3) is 0.207. The number of rotatable bonds is 6. The van der Waals surface area contributed by atoms with Crippen molar-refractivity contribution < 1.29 is 8.78 Å². The summed E-state index contributed by atoms with van der Waals surface area (Å²) >= 11 is 4.41. The van der Waals surface area contributed by atoms with Crippen molar-refractivity contribution >= 4 is 40.5 Å². The molecular formula is C29H23F2N3S. The molecule has 1 aliphatic rings. The maximum Gasteiger partial charge on any atom is 0.154 e. The summed E-state index contributed by atoms with van der Waals surface area (Å²) in [6, 6.07) is 14.1. The third-order valence-corrected chi connectivity index (χ3v) is 5.84. The number of benzene rings is 3.